The maximum atomic E-state index is 5.90. The zero-order chi connectivity index (χ0) is 12.0. The fraction of sp³-hybridized carbons (Fsp3) is 0.538. The fourth-order valence-corrected chi connectivity index (χ4v) is 1.79. The molecule has 1 unspecified atom stereocenters. The normalized spacial score (nSPS) is 13.1. The van der Waals surface area contributed by atoms with E-state index in [4.69, 9.17) is 4.74 Å². The highest BCUT2D eigenvalue weighted by atomic mass is 79.9. The molecule has 0 aromatic heterocycles. The number of likely N-dealkylation sites (N-methyl/N-ethyl adjacent to an activating group) is 1. The van der Waals surface area contributed by atoms with Gasteiger partial charge in [0.1, 0.15) is 0 Å². The highest BCUT2D eigenvalue weighted by molar-refractivity contribution is 9.10. The van der Waals surface area contributed by atoms with Crippen LogP contribution in [0.2, 0.25) is 0 Å². The van der Waals surface area contributed by atoms with Crippen LogP contribution in [0.1, 0.15) is 32.4 Å². The van der Waals surface area contributed by atoms with E-state index >= 15 is 0 Å². The van der Waals surface area contributed by atoms with Crippen LogP contribution >= 0.6 is 15.9 Å². The van der Waals surface area contributed by atoms with Crippen LogP contribution in [-0.4, -0.2) is 19.2 Å². The topological polar surface area (TPSA) is 21.3 Å². The van der Waals surface area contributed by atoms with E-state index in [1.54, 1.807) is 0 Å². The van der Waals surface area contributed by atoms with Crippen molar-refractivity contribution in [2.75, 3.05) is 13.1 Å². The molecular weight excluding hydrogens is 266 g/mol. The van der Waals surface area contributed by atoms with Gasteiger partial charge < -0.3 is 10.1 Å². The largest absolute Gasteiger partial charge is 0.370 e. The second-order valence-electron chi connectivity index (χ2n) is 4.03. The predicted molar refractivity (Wildman–Crippen MR) is 71.6 cm³/mol. The third-order valence-electron chi connectivity index (χ3n) is 2.26. The average Bonchev–Trinajstić information content (AvgIpc) is 2.25. The predicted octanol–water partition coefficient (Wildman–Crippen LogP) is 3.52. The van der Waals surface area contributed by atoms with Crippen molar-refractivity contribution in [2.24, 2.45) is 0 Å². The van der Waals surface area contributed by atoms with Crippen LogP contribution in [0.15, 0.2) is 28.7 Å². The number of nitrogens with one attached hydrogen (secondary N) is 1. The second kappa shape index (κ2) is 7.05. The Morgan fingerprint density at radius 2 is 1.88 bits per heavy atom. The Morgan fingerprint density at radius 1 is 1.25 bits per heavy atom. The molecule has 0 aliphatic carbocycles. The summed E-state index contributed by atoms with van der Waals surface area (Å²) < 4.78 is 7.00. The second-order valence-corrected chi connectivity index (χ2v) is 4.95. The van der Waals surface area contributed by atoms with E-state index in [-0.39, 0.29) is 12.2 Å². The molecule has 0 aliphatic heterocycles. The van der Waals surface area contributed by atoms with Gasteiger partial charge in [-0.1, -0.05) is 35.0 Å². The SMILES string of the molecule is CCNCC(OC(C)C)c1ccc(Br)cc1. The fourth-order valence-electron chi connectivity index (χ4n) is 1.53. The number of rotatable bonds is 6. The number of benzene rings is 1. The first-order chi connectivity index (χ1) is 7.63. The van der Waals surface area contributed by atoms with Crippen LogP contribution in [0.25, 0.3) is 0 Å². The summed E-state index contributed by atoms with van der Waals surface area (Å²) in [6.45, 7) is 8.06. The van der Waals surface area contributed by atoms with E-state index in [2.05, 4.69) is 66.3 Å². The molecule has 0 heterocycles. The van der Waals surface area contributed by atoms with Crippen LogP contribution in [0.3, 0.4) is 0 Å². The Kier molecular flexibility index (Phi) is 6.03. The van der Waals surface area contributed by atoms with Crippen LogP contribution in [-0.2, 0) is 4.74 Å². The highest BCUT2D eigenvalue weighted by Gasteiger charge is 2.12. The van der Waals surface area contributed by atoms with Crippen molar-refractivity contribution in [2.45, 2.75) is 33.0 Å². The molecule has 0 radical (unpaired) electrons. The van der Waals surface area contributed by atoms with Crippen molar-refractivity contribution >= 4 is 15.9 Å². The molecule has 1 aromatic carbocycles. The van der Waals surface area contributed by atoms with Gasteiger partial charge in [-0.2, -0.15) is 0 Å². The van der Waals surface area contributed by atoms with Gasteiger partial charge in [0.05, 0.1) is 12.2 Å². The highest BCUT2D eigenvalue weighted by Crippen LogP contribution is 2.20. The minimum Gasteiger partial charge on any atom is -0.370 e. The summed E-state index contributed by atoms with van der Waals surface area (Å²) in [6.07, 6.45) is 0.375. The molecule has 1 aromatic rings. The van der Waals surface area contributed by atoms with Crippen LogP contribution in [0.4, 0.5) is 0 Å². The molecule has 1 N–H and O–H groups in total. The Labute approximate surface area is 107 Å². The maximum absolute atomic E-state index is 5.90. The molecule has 0 spiro atoms. The molecule has 0 amide bonds. The van der Waals surface area contributed by atoms with Crippen LogP contribution in [0, 0.1) is 0 Å². The first kappa shape index (κ1) is 13.7. The summed E-state index contributed by atoms with van der Waals surface area (Å²) in [5.74, 6) is 0. The average molecular weight is 286 g/mol. The van der Waals surface area contributed by atoms with Crippen LogP contribution < -0.4 is 5.32 Å². The monoisotopic (exact) mass is 285 g/mol. The number of hydrogen-bond donors (Lipinski definition) is 1. The molecule has 0 saturated carbocycles. The lowest BCUT2D eigenvalue weighted by atomic mass is 10.1. The van der Waals surface area contributed by atoms with Crippen molar-refractivity contribution in [3.63, 3.8) is 0 Å². The van der Waals surface area contributed by atoms with E-state index in [0.717, 1.165) is 17.6 Å². The summed E-state index contributed by atoms with van der Waals surface area (Å²) in [5.41, 5.74) is 1.22. The lowest BCUT2D eigenvalue weighted by Crippen LogP contribution is -2.25. The van der Waals surface area contributed by atoms with Gasteiger partial charge in [0.15, 0.2) is 0 Å². The van der Waals surface area contributed by atoms with Crippen LogP contribution in [0.5, 0.6) is 0 Å². The smallest absolute Gasteiger partial charge is 0.0952 e. The zero-order valence-electron chi connectivity index (χ0n) is 10.2. The van der Waals surface area contributed by atoms with E-state index in [0.29, 0.717) is 0 Å². The summed E-state index contributed by atoms with van der Waals surface area (Å²) in [4.78, 5) is 0. The molecule has 0 bridgehead atoms. The van der Waals surface area contributed by atoms with E-state index in [9.17, 15) is 0 Å². The molecule has 0 aliphatic rings. The van der Waals surface area contributed by atoms with Gasteiger partial charge in [-0.3, -0.25) is 0 Å². The lowest BCUT2D eigenvalue weighted by Gasteiger charge is -2.21. The van der Waals surface area contributed by atoms with Crippen molar-refractivity contribution in [3.8, 4) is 0 Å². The molecule has 2 nitrogen and oxygen atoms in total. The van der Waals surface area contributed by atoms with Gasteiger partial charge in [0.25, 0.3) is 0 Å². The molecule has 16 heavy (non-hydrogen) atoms. The zero-order valence-corrected chi connectivity index (χ0v) is 11.8. The number of ether oxygens (including phenoxy) is 1. The van der Waals surface area contributed by atoms with Gasteiger partial charge in [-0.05, 0) is 38.1 Å². The van der Waals surface area contributed by atoms with Crippen molar-refractivity contribution in [1.82, 2.24) is 5.32 Å². The van der Waals surface area contributed by atoms with E-state index in [1.165, 1.54) is 5.56 Å². The van der Waals surface area contributed by atoms with Gasteiger partial charge in [-0.15, -0.1) is 0 Å². The van der Waals surface area contributed by atoms with Crippen molar-refractivity contribution in [1.29, 1.82) is 0 Å². The molecule has 0 saturated heterocycles. The Balaban J connectivity index is 2.70. The quantitative estimate of drug-likeness (QED) is 0.864. The number of hydrogen-bond acceptors (Lipinski definition) is 2. The van der Waals surface area contributed by atoms with Crippen molar-refractivity contribution < 1.29 is 4.74 Å². The lowest BCUT2D eigenvalue weighted by molar-refractivity contribution is 0.00740. The first-order valence-corrected chi connectivity index (χ1v) is 6.54. The summed E-state index contributed by atoms with van der Waals surface area (Å²) in [5, 5.41) is 3.33. The Morgan fingerprint density at radius 3 is 2.38 bits per heavy atom. The van der Waals surface area contributed by atoms with Gasteiger partial charge in [0, 0.05) is 11.0 Å². The van der Waals surface area contributed by atoms with E-state index in [1.807, 2.05) is 0 Å². The molecule has 1 atom stereocenters. The minimum atomic E-state index is 0.132. The summed E-state index contributed by atoms with van der Waals surface area (Å²) >= 11 is 3.44. The standard InChI is InChI=1S/C13H20BrNO/c1-4-15-9-13(16-10(2)3)11-5-7-12(14)8-6-11/h5-8,10,13,15H,4,9H2,1-3H3. The molecule has 1 rings (SSSR count). The minimum absolute atomic E-state index is 0.132. The van der Waals surface area contributed by atoms with E-state index < -0.39 is 0 Å². The summed E-state index contributed by atoms with van der Waals surface area (Å²) in [6, 6.07) is 8.32. The van der Waals surface area contributed by atoms with Crippen molar-refractivity contribution in [3.05, 3.63) is 34.3 Å². The number of halogens is 1. The molecule has 3 heteroatoms. The molecule has 90 valence electrons. The molecular formula is C13H20BrNO. The third kappa shape index (κ3) is 4.64. The van der Waals surface area contributed by atoms with Gasteiger partial charge >= 0.3 is 0 Å². The van der Waals surface area contributed by atoms with Gasteiger partial charge in [-0.25, -0.2) is 0 Å². The Hall–Kier alpha value is -0.380. The summed E-state index contributed by atoms with van der Waals surface area (Å²) in [7, 11) is 0. The Bertz CT molecular complexity index is 297. The first-order valence-electron chi connectivity index (χ1n) is 5.75. The third-order valence-corrected chi connectivity index (χ3v) is 2.79. The van der Waals surface area contributed by atoms with Gasteiger partial charge in [0.2, 0.25) is 0 Å². The molecule has 0 fully saturated rings. The maximum Gasteiger partial charge on any atom is 0.0952 e.